The van der Waals surface area contributed by atoms with E-state index in [2.05, 4.69) is 5.32 Å². The van der Waals surface area contributed by atoms with Gasteiger partial charge in [0.15, 0.2) is 5.78 Å². The number of aliphatic hydroxyl groups is 1. The van der Waals surface area contributed by atoms with Crippen LogP contribution in [0.1, 0.15) is 50.9 Å². The number of likely N-dealkylation sites (tertiary alicyclic amines) is 1. The number of aliphatic hydroxyl groups excluding tert-OH is 1. The Morgan fingerprint density at radius 1 is 1.21 bits per heavy atom. The number of rotatable bonds is 7. The lowest BCUT2D eigenvalue weighted by atomic mass is 9.95. The first-order valence-corrected chi connectivity index (χ1v) is 10.7. The van der Waals surface area contributed by atoms with Crippen LogP contribution in [-0.2, 0) is 14.3 Å². The van der Waals surface area contributed by atoms with E-state index < -0.39 is 59.1 Å². The van der Waals surface area contributed by atoms with Crippen molar-refractivity contribution in [3.05, 3.63) is 35.4 Å². The van der Waals surface area contributed by atoms with E-state index in [-0.39, 0.29) is 6.04 Å². The van der Waals surface area contributed by atoms with Gasteiger partial charge in [-0.25, -0.2) is 13.6 Å². The number of amides is 2. The first-order valence-electron chi connectivity index (χ1n) is 10.7. The normalized spacial score (nSPS) is 17.5. The summed E-state index contributed by atoms with van der Waals surface area (Å²) in [6.07, 6.45) is 0.253. The van der Waals surface area contributed by atoms with Crippen LogP contribution in [0.2, 0.25) is 0 Å². The molecule has 3 unspecified atom stereocenters. The van der Waals surface area contributed by atoms with Crippen molar-refractivity contribution in [1.29, 1.82) is 0 Å². The Kier molecular flexibility index (Phi) is 10.9. The zero-order valence-electron chi connectivity index (χ0n) is 20.0. The molecule has 33 heavy (non-hydrogen) atoms. The number of nitrogens with one attached hydrogen (secondary N) is 1. The van der Waals surface area contributed by atoms with E-state index in [0.29, 0.717) is 13.0 Å². The summed E-state index contributed by atoms with van der Waals surface area (Å²) in [7, 11) is 2.44. The van der Waals surface area contributed by atoms with Crippen molar-refractivity contribution in [2.24, 2.45) is 5.92 Å². The Labute approximate surface area is 193 Å². The van der Waals surface area contributed by atoms with Crippen LogP contribution < -0.4 is 5.32 Å². The number of ketones is 1. The van der Waals surface area contributed by atoms with Gasteiger partial charge in [-0.1, -0.05) is 13.0 Å². The van der Waals surface area contributed by atoms with Gasteiger partial charge >= 0.3 is 6.09 Å². The second-order valence-corrected chi connectivity index (χ2v) is 8.61. The zero-order chi connectivity index (χ0) is 25.3. The van der Waals surface area contributed by atoms with Crippen LogP contribution >= 0.6 is 0 Å². The Bertz CT molecular complexity index is 807. The Balaban J connectivity index is 0.00000265. The van der Waals surface area contributed by atoms with Gasteiger partial charge in [-0.15, -0.1) is 0 Å². The monoisotopic (exact) mass is 472 g/mol. The highest BCUT2D eigenvalue weighted by molar-refractivity contribution is 6.00. The number of carbonyl (C=O) groups is 3. The van der Waals surface area contributed by atoms with Gasteiger partial charge in [0.25, 0.3) is 0 Å². The maximum absolute atomic E-state index is 13.8. The predicted molar refractivity (Wildman–Crippen MR) is 118 cm³/mol. The third-order valence-electron chi connectivity index (χ3n) is 5.15. The minimum atomic E-state index is -0.985. The highest BCUT2D eigenvalue weighted by atomic mass is 19.1. The second kappa shape index (κ2) is 12.6. The predicted octanol–water partition coefficient (Wildman–Crippen LogP) is 2.92. The van der Waals surface area contributed by atoms with Gasteiger partial charge in [0, 0.05) is 20.8 Å². The standard InChI is InChI=1S/C22H30F2N2O5.CH4O/c1-13(20(28)25-12-17(27)18-14(23)8-6-9-15(18)24)19(30-5)16-10-7-11-26(16)21(29)31-22(2,3)4;1-2/h6,8-9,13,16,19H,7,10-12H2,1-5H3,(H,25,28);2H,1H3. The summed E-state index contributed by atoms with van der Waals surface area (Å²) in [5.41, 5.74) is -1.34. The van der Waals surface area contributed by atoms with Crippen molar-refractivity contribution in [2.75, 3.05) is 27.3 Å². The second-order valence-electron chi connectivity index (χ2n) is 8.61. The minimum absolute atomic E-state index is 0.375. The highest BCUT2D eigenvalue weighted by Gasteiger charge is 2.41. The number of carbonyl (C=O) groups excluding carboxylic acids is 3. The molecule has 0 aliphatic carbocycles. The van der Waals surface area contributed by atoms with Gasteiger partial charge in [0.2, 0.25) is 5.91 Å². The van der Waals surface area contributed by atoms with Gasteiger partial charge in [0.05, 0.1) is 30.2 Å². The summed E-state index contributed by atoms with van der Waals surface area (Å²) in [4.78, 5) is 38.9. The fourth-order valence-electron chi connectivity index (χ4n) is 3.71. The van der Waals surface area contributed by atoms with Crippen molar-refractivity contribution in [3.63, 3.8) is 0 Å². The smallest absolute Gasteiger partial charge is 0.410 e. The summed E-state index contributed by atoms with van der Waals surface area (Å²) < 4.78 is 38.5. The molecule has 1 saturated heterocycles. The Hall–Kier alpha value is -2.59. The topological polar surface area (TPSA) is 105 Å². The third kappa shape index (κ3) is 7.75. The molecule has 0 aromatic heterocycles. The van der Waals surface area contributed by atoms with E-state index >= 15 is 0 Å². The molecule has 1 aliphatic rings. The van der Waals surface area contributed by atoms with Crippen molar-refractivity contribution in [2.45, 2.75) is 58.3 Å². The summed E-state index contributed by atoms with van der Waals surface area (Å²) in [6, 6.07) is 2.74. The number of methoxy groups -OCH3 is 1. The van der Waals surface area contributed by atoms with Crippen molar-refractivity contribution in [1.82, 2.24) is 10.2 Å². The molecule has 0 saturated carbocycles. The van der Waals surface area contributed by atoms with Crippen LogP contribution in [0.5, 0.6) is 0 Å². The molecular weight excluding hydrogens is 438 g/mol. The Morgan fingerprint density at radius 2 is 1.79 bits per heavy atom. The molecule has 0 spiro atoms. The lowest BCUT2D eigenvalue weighted by Crippen LogP contribution is -2.51. The fourth-order valence-corrected chi connectivity index (χ4v) is 3.71. The van der Waals surface area contributed by atoms with Crippen LogP contribution in [0.25, 0.3) is 0 Å². The summed E-state index contributed by atoms with van der Waals surface area (Å²) in [5.74, 6) is -4.09. The third-order valence-corrected chi connectivity index (χ3v) is 5.15. The molecule has 1 aromatic rings. The highest BCUT2D eigenvalue weighted by Crippen LogP contribution is 2.28. The number of nitrogens with zero attached hydrogens (tertiary/aromatic N) is 1. The lowest BCUT2D eigenvalue weighted by molar-refractivity contribution is -0.130. The summed E-state index contributed by atoms with van der Waals surface area (Å²) in [5, 5.41) is 9.42. The molecule has 186 valence electrons. The summed E-state index contributed by atoms with van der Waals surface area (Å²) >= 11 is 0. The number of ether oxygens (including phenoxy) is 2. The maximum atomic E-state index is 13.8. The molecule has 0 bridgehead atoms. The molecule has 8 nitrogen and oxygen atoms in total. The van der Waals surface area contributed by atoms with Crippen LogP contribution in [0, 0.1) is 17.6 Å². The van der Waals surface area contributed by atoms with Crippen molar-refractivity contribution in [3.8, 4) is 0 Å². The number of Topliss-reactive ketones (excluding diaryl/α,β-unsaturated/α-hetero) is 1. The number of hydrogen-bond acceptors (Lipinski definition) is 6. The molecule has 0 radical (unpaired) electrons. The van der Waals surface area contributed by atoms with Crippen LogP contribution in [-0.4, -0.2) is 72.8 Å². The number of halogens is 2. The lowest BCUT2D eigenvalue weighted by Gasteiger charge is -2.34. The van der Waals surface area contributed by atoms with Crippen molar-refractivity contribution < 1.29 is 37.7 Å². The van der Waals surface area contributed by atoms with Crippen molar-refractivity contribution >= 4 is 17.8 Å². The van der Waals surface area contributed by atoms with Crippen LogP contribution in [0.3, 0.4) is 0 Å². The Morgan fingerprint density at radius 3 is 2.30 bits per heavy atom. The molecule has 2 amide bonds. The number of benzene rings is 1. The van der Waals surface area contributed by atoms with Gasteiger partial charge < -0.3 is 24.8 Å². The largest absolute Gasteiger partial charge is 0.444 e. The molecule has 1 aliphatic heterocycles. The molecule has 3 atom stereocenters. The average molecular weight is 473 g/mol. The zero-order valence-corrected chi connectivity index (χ0v) is 20.0. The molecule has 10 heteroatoms. The SMILES string of the molecule is CO.COC(C(C)C(=O)NCC(=O)c1c(F)cccc1F)C1CCCN1C(=O)OC(C)(C)C. The first kappa shape index (κ1) is 28.4. The van der Waals surface area contributed by atoms with E-state index in [1.54, 1.807) is 32.6 Å². The molecule has 2 rings (SSSR count). The molecule has 1 aromatic carbocycles. The van der Waals surface area contributed by atoms with Crippen LogP contribution in [0.15, 0.2) is 18.2 Å². The van der Waals surface area contributed by atoms with Crippen LogP contribution in [0.4, 0.5) is 13.6 Å². The average Bonchev–Trinajstić information content (AvgIpc) is 3.22. The van der Waals surface area contributed by atoms with Gasteiger partial charge in [-0.05, 0) is 45.7 Å². The van der Waals surface area contributed by atoms with E-state index in [1.807, 2.05) is 0 Å². The minimum Gasteiger partial charge on any atom is -0.444 e. The molecule has 1 fully saturated rings. The summed E-state index contributed by atoms with van der Waals surface area (Å²) in [6.45, 7) is 6.86. The maximum Gasteiger partial charge on any atom is 0.410 e. The van der Waals surface area contributed by atoms with E-state index in [4.69, 9.17) is 14.6 Å². The fraction of sp³-hybridized carbons (Fsp3) is 0.609. The number of hydrogen-bond donors (Lipinski definition) is 2. The molecule has 1 heterocycles. The molecular formula is C23H34F2N2O6. The van der Waals surface area contributed by atoms with Gasteiger partial charge in [-0.2, -0.15) is 0 Å². The van der Waals surface area contributed by atoms with Gasteiger partial charge in [0.1, 0.15) is 17.2 Å². The van der Waals surface area contributed by atoms with E-state index in [9.17, 15) is 23.2 Å². The van der Waals surface area contributed by atoms with E-state index in [1.165, 1.54) is 7.11 Å². The molecule has 2 N–H and O–H groups in total. The van der Waals surface area contributed by atoms with E-state index in [0.717, 1.165) is 31.7 Å². The quantitative estimate of drug-likeness (QED) is 0.592. The first-order chi connectivity index (χ1) is 15.5. The van der Waals surface area contributed by atoms with Gasteiger partial charge in [-0.3, -0.25) is 9.59 Å².